The van der Waals surface area contributed by atoms with Crippen LogP contribution < -0.4 is 15.0 Å². The first kappa shape index (κ1) is 20.1. The first-order valence-corrected chi connectivity index (χ1v) is 10.5. The van der Waals surface area contributed by atoms with E-state index in [4.69, 9.17) is 9.72 Å². The van der Waals surface area contributed by atoms with Crippen LogP contribution in [0.5, 0.6) is 5.75 Å². The van der Waals surface area contributed by atoms with Gasteiger partial charge in [0.15, 0.2) is 6.61 Å². The molecule has 0 saturated carbocycles. The number of piperidine rings is 1. The van der Waals surface area contributed by atoms with E-state index in [2.05, 4.69) is 23.2 Å². The molecule has 1 saturated heterocycles. The summed E-state index contributed by atoms with van der Waals surface area (Å²) in [4.78, 5) is 19.5. The van der Waals surface area contributed by atoms with Gasteiger partial charge in [-0.3, -0.25) is 4.79 Å². The molecule has 1 unspecified atom stereocenters. The van der Waals surface area contributed by atoms with E-state index in [0.717, 1.165) is 29.7 Å². The lowest BCUT2D eigenvalue weighted by Gasteiger charge is -2.36. The van der Waals surface area contributed by atoms with E-state index in [1.165, 1.54) is 31.4 Å². The molecule has 2 aromatic carbocycles. The van der Waals surface area contributed by atoms with Crippen molar-refractivity contribution < 1.29 is 13.9 Å². The average Bonchev–Trinajstić information content (AvgIpc) is 2.79. The highest BCUT2D eigenvalue weighted by molar-refractivity contribution is 5.92. The quantitative estimate of drug-likeness (QED) is 0.613. The summed E-state index contributed by atoms with van der Waals surface area (Å²) < 4.78 is 19.5. The molecule has 0 spiro atoms. The number of hydrogen-bond acceptors (Lipinski definition) is 4. The highest BCUT2D eigenvalue weighted by Gasteiger charge is 2.22. The van der Waals surface area contributed by atoms with Gasteiger partial charge in [0.1, 0.15) is 22.9 Å². The predicted octanol–water partition coefficient (Wildman–Crippen LogP) is 5.16. The minimum atomic E-state index is -0.477. The summed E-state index contributed by atoms with van der Waals surface area (Å²) >= 11 is 0. The number of anilines is 2. The predicted molar refractivity (Wildman–Crippen MR) is 118 cm³/mol. The fourth-order valence-corrected chi connectivity index (χ4v) is 4.00. The van der Waals surface area contributed by atoms with E-state index in [9.17, 15) is 9.18 Å². The third-order valence-corrected chi connectivity index (χ3v) is 5.57. The number of halogens is 1. The number of nitrogens with one attached hydrogen (secondary N) is 1. The lowest BCUT2D eigenvalue weighted by molar-refractivity contribution is -0.118. The minimum Gasteiger partial charge on any atom is -0.481 e. The molecule has 30 heavy (non-hydrogen) atoms. The van der Waals surface area contributed by atoms with Crippen molar-refractivity contribution in [2.24, 2.45) is 0 Å². The van der Waals surface area contributed by atoms with E-state index in [0.29, 0.717) is 11.8 Å². The normalized spacial score (nSPS) is 16.5. The van der Waals surface area contributed by atoms with Crippen LogP contribution in [0.25, 0.3) is 10.9 Å². The number of ether oxygens (including phenoxy) is 1. The molecular weight excluding hydrogens is 381 g/mol. The number of carbonyl (C=O) groups is 1. The highest BCUT2D eigenvalue weighted by Crippen LogP contribution is 2.30. The van der Waals surface area contributed by atoms with Crippen molar-refractivity contribution in [1.82, 2.24) is 4.98 Å². The molecule has 1 N–H and O–H groups in total. The number of amides is 1. The molecule has 6 heteroatoms. The van der Waals surface area contributed by atoms with Crippen LogP contribution in [-0.4, -0.2) is 30.1 Å². The summed E-state index contributed by atoms with van der Waals surface area (Å²) in [6.07, 6.45) is 4.71. The van der Waals surface area contributed by atoms with Crippen molar-refractivity contribution in [2.45, 2.75) is 38.6 Å². The van der Waals surface area contributed by atoms with Crippen LogP contribution in [0.15, 0.2) is 54.6 Å². The standard InChI is InChI=1S/C24H26FN3O2/c1-2-18-9-5-6-15-28(18)22-14-13-17-8-7-12-21(24(17)27-22)30-16-23(29)26-20-11-4-3-10-19(20)25/h3-4,7-8,10-14,18H,2,5-6,9,15-16H2,1H3,(H,26,29). The molecule has 1 atom stereocenters. The number of fused-ring (bicyclic) bond motifs is 1. The molecule has 1 amide bonds. The second-order valence-electron chi connectivity index (χ2n) is 7.57. The molecule has 0 bridgehead atoms. The van der Waals surface area contributed by atoms with Gasteiger partial charge in [-0.05, 0) is 56.0 Å². The summed E-state index contributed by atoms with van der Waals surface area (Å²) in [6, 6.07) is 16.3. The summed E-state index contributed by atoms with van der Waals surface area (Å²) in [6.45, 7) is 3.00. The van der Waals surface area contributed by atoms with Crippen molar-refractivity contribution in [3.63, 3.8) is 0 Å². The van der Waals surface area contributed by atoms with Crippen LogP contribution in [-0.2, 0) is 4.79 Å². The van der Waals surface area contributed by atoms with E-state index in [1.807, 2.05) is 24.3 Å². The maximum atomic E-state index is 13.7. The molecule has 156 valence electrons. The number of aromatic nitrogens is 1. The van der Waals surface area contributed by atoms with E-state index in [1.54, 1.807) is 12.1 Å². The number of pyridine rings is 1. The Balaban J connectivity index is 1.52. The molecule has 0 radical (unpaired) electrons. The number of nitrogens with zero attached hydrogens (tertiary/aromatic N) is 2. The first-order valence-electron chi connectivity index (χ1n) is 10.5. The van der Waals surface area contributed by atoms with Crippen LogP contribution in [0.2, 0.25) is 0 Å². The van der Waals surface area contributed by atoms with Gasteiger partial charge in [-0.25, -0.2) is 9.37 Å². The molecule has 1 aliphatic rings. The Labute approximate surface area is 175 Å². The smallest absolute Gasteiger partial charge is 0.262 e. The highest BCUT2D eigenvalue weighted by atomic mass is 19.1. The van der Waals surface area contributed by atoms with Crippen LogP contribution in [0.1, 0.15) is 32.6 Å². The van der Waals surface area contributed by atoms with Crippen LogP contribution in [0, 0.1) is 5.82 Å². The van der Waals surface area contributed by atoms with Crippen LogP contribution in [0.4, 0.5) is 15.9 Å². The van der Waals surface area contributed by atoms with Gasteiger partial charge in [-0.1, -0.05) is 31.2 Å². The van der Waals surface area contributed by atoms with Crippen molar-refractivity contribution in [3.05, 3.63) is 60.4 Å². The minimum absolute atomic E-state index is 0.139. The third-order valence-electron chi connectivity index (χ3n) is 5.57. The summed E-state index contributed by atoms with van der Waals surface area (Å²) in [5, 5.41) is 3.49. The first-order chi connectivity index (χ1) is 14.7. The second-order valence-corrected chi connectivity index (χ2v) is 7.57. The largest absolute Gasteiger partial charge is 0.481 e. The number of rotatable bonds is 6. The van der Waals surface area contributed by atoms with Gasteiger partial charge in [0, 0.05) is 18.0 Å². The van der Waals surface area contributed by atoms with E-state index < -0.39 is 11.7 Å². The lowest BCUT2D eigenvalue weighted by atomic mass is 10.00. The van der Waals surface area contributed by atoms with Crippen LogP contribution in [0.3, 0.4) is 0 Å². The SMILES string of the molecule is CCC1CCCCN1c1ccc2cccc(OCC(=O)Nc3ccccc3F)c2n1. The topological polar surface area (TPSA) is 54.5 Å². The summed E-state index contributed by atoms with van der Waals surface area (Å²) in [7, 11) is 0. The van der Waals surface area contributed by atoms with Gasteiger partial charge >= 0.3 is 0 Å². The second kappa shape index (κ2) is 9.11. The Morgan fingerprint density at radius 2 is 2.03 bits per heavy atom. The fourth-order valence-electron chi connectivity index (χ4n) is 4.00. The number of carbonyl (C=O) groups excluding carboxylic acids is 1. The molecule has 1 aromatic heterocycles. The molecule has 5 nitrogen and oxygen atoms in total. The van der Waals surface area contributed by atoms with E-state index >= 15 is 0 Å². The maximum absolute atomic E-state index is 13.7. The zero-order valence-electron chi connectivity index (χ0n) is 17.1. The Morgan fingerprint density at radius 3 is 2.87 bits per heavy atom. The van der Waals surface area contributed by atoms with Crippen LogP contribution >= 0.6 is 0 Å². The monoisotopic (exact) mass is 407 g/mol. The Morgan fingerprint density at radius 1 is 1.17 bits per heavy atom. The van der Waals surface area contributed by atoms with Gasteiger partial charge in [-0.15, -0.1) is 0 Å². The van der Waals surface area contributed by atoms with Crippen molar-refractivity contribution >= 4 is 28.3 Å². The summed E-state index contributed by atoms with van der Waals surface area (Å²) in [5.41, 5.74) is 0.870. The van der Waals surface area contributed by atoms with Gasteiger partial charge in [0.05, 0.1) is 5.69 Å². The Bertz CT molecular complexity index is 1040. The maximum Gasteiger partial charge on any atom is 0.262 e. The molecular formula is C24H26FN3O2. The van der Waals surface area contributed by atoms with Crippen molar-refractivity contribution in [1.29, 1.82) is 0 Å². The molecule has 3 aromatic rings. The van der Waals surface area contributed by atoms with E-state index in [-0.39, 0.29) is 12.3 Å². The number of benzene rings is 2. The molecule has 1 aliphatic heterocycles. The van der Waals surface area contributed by atoms with Crippen molar-refractivity contribution in [2.75, 3.05) is 23.4 Å². The number of hydrogen-bond donors (Lipinski definition) is 1. The molecule has 4 rings (SSSR count). The van der Waals surface area contributed by atoms with Crippen molar-refractivity contribution in [3.8, 4) is 5.75 Å². The molecule has 2 heterocycles. The molecule has 1 fully saturated rings. The third kappa shape index (κ3) is 4.37. The Kier molecular flexibility index (Phi) is 6.12. The zero-order valence-corrected chi connectivity index (χ0v) is 17.1. The molecule has 0 aliphatic carbocycles. The average molecular weight is 407 g/mol. The fraction of sp³-hybridized carbons (Fsp3) is 0.333. The number of para-hydroxylation sites is 2. The van der Waals surface area contributed by atoms with Gasteiger partial charge < -0.3 is 15.0 Å². The van der Waals surface area contributed by atoms with Gasteiger partial charge in [0.2, 0.25) is 0 Å². The zero-order chi connectivity index (χ0) is 20.9. The van der Waals surface area contributed by atoms with Gasteiger partial charge in [0.25, 0.3) is 5.91 Å². The summed E-state index contributed by atoms with van der Waals surface area (Å²) in [5.74, 6) is 0.591. The Hall–Kier alpha value is -3.15. The van der Waals surface area contributed by atoms with Gasteiger partial charge in [-0.2, -0.15) is 0 Å². The lowest BCUT2D eigenvalue weighted by Crippen LogP contribution is -2.39.